The number of benzene rings is 1. The number of pyridine rings is 1. The average molecular weight is 278 g/mol. The summed E-state index contributed by atoms with van der Waals surface area (Å²) >= 11 is 0. The van der Waals surface area contributed by atoms with E-state index in [1.807, 2.05) is 0 Å². The van der Waals surface area contributed by atoms with Crippen LogP contribution in [-0.2, 0) is 23.2 Å². The predicted octanol–water partition coefficient (Wildman–Crippen LogP) is 1.05. The summed E-state index contributed by atoms with van der Waals surface area (Å²) in [6.45, 7) is 0.0127. The molecule has 0 spiro atoms. The number of nitrogens with zero attached hydrogens (tertiary/aromatic N) is 1. The number of aliphatic hydroxyl groups is 1. The third-order valence-corrected chi connectivity index (χ3v) is 4.07. The summed E-state index contributed by atoms with van der Waals surface area (Å²) in [6, 6.07) is 10.2. The second kappa shape index (κ2) is 5.92. The van der Waals surface area contributed by atoms with Crippen LogP contribution >= 0.6 is 0 Å². The Kier molecular flexibility index (Phi) is 4.26. The van der Waals surface area contributed by atoms with Gasteiger partial charge < -0.3 is 5.11 Å². The third kappa shape index (κ3) is 3.37. The summed E-state index contributed by atoms with van der Waals surface area (Å²) in [5.41, 5.74) is 1.45. The Balaban J connectivity index is 2.15. The predicted molar refractivity (Wildman–Crippen MR) is 70.6 cm³/mol. The van der Waals surface area contributed by atoms with Crippen LogP contribution in [0.2, 0.25) is 0 Å². The van der Waals surface area contributed by atoms with Crippen molar-refractivity contribution in [3.63, 3.8) is 0 Å². The van der Waals surface area contributed by atoms with Crippen molar-refractivity contribution >= 4 is 10.0 Å². The van der Waals surface area contributed by atoms with Crippen LogP contribution in [-0.4, -0.2) is 18.5 Å². The highest BCUT2D eigenvalue weighted by molar-refractivity contribution is 7.89. The quantitative estimate of drug-likeness (QED) is 0.857. The lowest BCUT2D eigenvalue weighted by molar-refractivity contribution is 0.280. The first-order valence-electron chi connectivity index (χ1n) is 5.71. The van der Waals surface area contributed by atoms with Crippen molar-refractivity contribution in [2.45, 2.75) is 18.0 Å². The number of hydrogen-bond acceptors (Lipinski definition) is 4. The topological polar surface area (TPSA) is 79.3 Å². The van der Waals surface area contributed by atoms with E-state index in [0.717, 1.165) is 5.56 Å². The maximum atomic E-state index is 12.0. The minimum atomic E-state index is -3.58. The van der Waals surface area contributed by atoms with Crippen LogP contribution in [0.4, 0.5) is 0 Å². The summed E-state index contributed by atoms with van der Waals surface area (Å²) in [5.74, 6) is 0. The third-order valence-electron chi connectivity index (χ3n) is 2.69. The summed E-state index contributed by atoms with van der Waals surface area (Å²) in [6.07, 6.45) is 2.81. The zero-order chi connectivity index (χ0) is 13.7. The lowest BCUT2D eigenvalue weighted by Gasteiger charge is -2.09. The molecule has 2 N–H and O–H groups in total. The van der Waals surface area contributed by atoms with Gasteiger partial charge in [-0.05, 0) is 23.3 Å². The Morgan fingerprint density at radius 2 is 1.84 bits per heavy atom. The molecular weight excluding hydrogens is 264 g/mol. The zero-order valence-corrected chi connectivity index (χ0v) is 11.0. The molecule has 0 amide bonds. The maximum Gasteiger partial charge on any atom is 0.242 e. The van der Waals surface area contributed by atoms with Gasteiger partial charge >= 0.3 is 0 Å². The van der Waals surface area contributed by atoms with E-state index in [1.165, 1.54) is 18.5 Å². The minimum Gasteiger partial charge on any atom is -0.392 e. The van der Waals surface area contributed by atoms with Crippen molar-refractivity contribution in [2.75, 3.05) is 0 Å². The molecule has 6 heteroatoms. The van der Waals surface area contributed by atoms with E-state index in [2.05, 4.69) is 9.71 Å². The van der Waals surface area contributed by atoms with Crippen molar-refractivity contribution < 1.29 is 13.5 Å². The Morgan fingerprint density at radius 3 is 2.47 bits per heavy atom. The van der Waals surface area contributed by atoms with E-state index >= 15 is 0 Å². The van der Waals surface area contributed by atoms with Gasteiger partial charge in [-0.15, -0.1) is 0 Å². The van der Waals surface area contributed by atoms with Crippen molar-refractivity contribution in [2.24, 2.45) is 0 Å². The van der Waals surface area contributed by atoms with Crippen LogP contribution in [0.5, 0.6) is 0 Å². The number of rotatable bonds is 5. The van der Waals surface area contributed by atoms with Crippen LogP contribution in [0, 0.1) is 0 Å². The number of nitrogens with one attached hydrogen (secondary N) is 1. The van der Waals surface area contributed by atoms with Gasteiger partial charge in [0, 0.05) is 18.9 Å². The monoisotopic (exact) mass is 278 g/mol. The van der Waals surface area contributed by atoms with Crippen molar-refractivity contribution in [1.82, 2.24) is 9.71 Å². The van der Waals surface area contributed by atoms with E-state index < -0.39 is 10.0 Å². The number of aromatic nitrogens is 1. The van der Waals surface area contributed by atoms with Crippen LogP contribution in [0.15, 0.2) is 53.7 Å². The lowest BCUT2D eigenvalue weighted by atomic mass is 10.1. The highest BCUT2D eigenvalue weighted by atomic mass is 32.2. The van der Waals surface area contributed by atoms with Crippen LogP contribution in [0.1, 0.15) is 11.1 Å². The molecule has 2 aromatic rings. The number of hydrogen-bond donors (Lipinski definition) is 2. The Bertz CT molecular complexity index is 642. The molecule has 1 aromatic carbocycles. The molecule has 5 nitrogen and oxygen atoms in total. The van der Waals surface area contributed by atoms with Gasteiger partial charge in [0.05, 0.1) is 6.61 Å². The lowest BCUT2D eigenvalue weighted by Crippen LogP contribution is -2.23. The fourth-order valence-electron chi connectivity index (χ4n) is 1.65. The van der Waals surface area contributed by atoms with Gasteiger partial charge in [-0.2, -0.15) is 0 Å². The van der Waals surface area contributed by atoms with Gasteiger partial charge in [0.25, 0.3) is 0 Å². The number of sulfonamides is 1. The molecule has 100 valence electrons. The van der Waals surface area contributed by atoms with Crippen molar-refractivity contribution in [3.05, 3.63) is 59.9 Å². The van der Waals surface area contributed by atoms with Crippen LogP contribution < -0.4 is 4.72 Å². The molecule has 0 fully saturated rings. The molecular formula is C13H14N2O3S. The SMILES string of the molecule is O=S(=O)(NCc1ccccc1CO)c1cccnc1. The highest BCUT2D eigenvalue weighted by Gasteiger charge is 2.14. The van der Waals surface area contributed by atoms with E-state index in [9.17, 15) is 13.5 Å². The first-order chi connectivity index (χ1) is 9.13. The second-order valence-electron chi connectivity index (χ2n) is 3.94. The van der Waals surface area contributed by atoms with Gasteiger partial charge in [-0.1, -0.05) is 24.3 Å². The van der Waals surface area contributed by atoms with Crippen molar-refractivity contribution in [3.8, 4) is 0 Å². The Hall–Kier alpha value is -1.76. The average Bonchev–Trinajstić information content (AvgIpc) is 2.46. The first-order valence-corrected chi connectivity index (χ1v) is 7.19. The standard InChI is InChI=1S/C13H14N2O3S/c16-10-12-5-2-1-4-11(12)8-15-19(17,18)13-6-3-7-14-9-13/h1-7,9,15-16H,8,10H2. The van der Waals surface area contributed by atoms with E-state index in [1.54, 1.807) is 30.3 Å². The van der Waals surface area contributed by atoms with Gasteiger partial charge in [0.15, 0.2) is 0 Å². The fourth-order valence-corrected chi connectivity index (χ4v) is 2.62. The van der Waals surface area contributed by atoms with Crippen molar-refractivity contribution in [1.29, 1.82) is 0 Å². The molecule has 0 unspecified atom stereocenters. The normalized spacial score (nSPS) is 11.4. The summed E-state index contributed by atoms with van der Waals surface area (Å²) in [4.78, 5) is 3.90. The van der Waals surface area contributed by atoms with Crippen LogP contribution in [0.3, 0.4) is 0 Å². The molecule has 0 aliphatic heterocycles. The molecule has 0 atom stereocenters. The molecule has 0 bridgehead atoms. The van der Waals surface area contributed by atoms with E-state index in [0.29, 0.717) is 5.56 Å². The summed E-state index contributed by atoms with van der Waals surface area (Å²) < 4.78 is 26.5. The first kappa shape index (κ1) is 13.7. The molecule has 1 aromatic heterocycles. The van der Waals surface area contributed by atoms with Gasteiger partial charge in [0.2, 0.25) is 10.0 Å². The molecule has 0 aliphatic carbocycles. The molecule has 0 saturated heterocycles. The molecule has 0 radical (unpaired) electrons. The number of aliphatic hydroxyl groups excluding tert-OH is 1. The van der Waals surface area contributed by atoms with Gasteiger partial charge in [0.1, 0.15) is 4.90 Å². The van der Waals surface area contributed by atoms with Gasteiger partial charge in [-0.25, -0.2) is 13.1 Å². The van der Waals surface area contributed by atoms with E-state index in [4.69, 9.17) is 0 Å². The Morgan fingerprint density at radius 1 is 1.11 bits per heavy atom. The largest absolute Gasteiger partial charge is 0.392 e. The summed E-state index contributed by atoms with van der Waals surface area (Å²) in [7, 11) is -3.58. The zero-order valence-electron chi connectivity index (χ0n) is 10.2. The Labute approximate surface area is 112 Å². The molecule has 1 heterocycles. The van der Waals surface area contributed by atoms with E-state index in [-0.39, 0.29) is 18.0 Å². The van der Waals surface area contributed by atoms with Gasteiger partial charge in [-0.3, -0.25) is 4.98 Å². The summed E-state index contributed by atoms with van der Waals surface area (Å²) in [5, 5.41) is 9.18. The molecule has 0 aliphatic rings. The minimum absolute atomic E-state index is 0.120. The van der Waals surface area contributed by atoms with Crippen LogP contribution in [0.25, 0.3) is 0 Å². The fraction of sp³-hybridized carbons (Fsp3) is 0.154. The molecule has 19 heavy (non-hydrogen) atoms. The smallest absolute Gasteiger partial charge is 0.242 e. The molecule has 0 saturated carbocycles. The highest BCUT2D eigenvalue weighted by Crippen LogP contribution is 2.11. The maximum absolute atomic E-state index is 12.0. The second-order valence-corrected chi connectivity index (χ2v) is 5.71. The molecule has 2 rings (SSSR count).